The molecule has 0 saturated carbocycles. The Morgan fingerprint density at radius 1 is 1.07 bits per heavy atom. The van der Waals surface area contributed by atoms with Crippen LogP contribution in [0.1, 0.15) is 25.7 Å². The lowest BCUT2D eigenvalue weighted by Gasteiger charge is -2.43. The third kappa shape index (κ3) is 3.72. The van der Waals surface area contributed by atoms with E-state index in [4.69, 9.17) is 0 Å². The number of nitrogens with one attached hydrogen (secondary N) is 2. The van der Waals surface area contributed by atoms with E-state index in [-0.39, 0.29) is 12.0 Å². The number of fused-ring (bicyclic) bond motifs is 1. The quantitative estimate of drug-likeness (QED) is 0.682. The minimum atomic E-state index is 0.0461. The zero-order valence-electron chi connectivity index (χ0n) is 17.1. The highest BCUT2D eigenvalue weighted by Gasteiger charge is 2.35. The van der Waals surface area contributed by atoms with Crippen LogP contribution in [0, 0.1) is 5.92 Å². The number of hydrogen-bond donors (Lipinski definition) is 2. The lowest BCUT2D eigenvalue weighted by molar-refractivity contribution is -0.140. The van der Waals surface area contributed by atoms with E-state index >= 15 is 0 Å². The van der Waals surface area contributed by atoms with Crippen molar-refractivity contribution in [2.45, 2.75) is 31.7 Å². The summed E-state index contributed by atoms with van der Waals surface area (Å²) < 4.78 is 0. The largest absolute Gasteiger partial charge is 0.384 e. The Kier molecular flexibility index (Phi) is 5.26. The number of anilines is 2. The van der Waals surface area contributed by atoms with E-state index in [0.717, 1.165) is 67.9 Å². The second kappa shape index (κ2) is 8.34. The van der Waals surface area contributed by atoms with E-state index in [2.05, 4.69) is 30.1 Å². The van der Waals surface area contributed by atoms with Crippen LogP contribution < -0.4 is 10.2 Å². The molecule has 0 spiro atoms. The van der Waals surface area contributed by atoms with Crippen LogP contribution in [0.3, 0.4) is 0 Å². The van der Waals surface area contributed by atoms with E-state index in [1.165, 1.54) is 0 Å². The zero-order chi connectivity index (χ0) is 20.3. The fourth-order valence-electron chi connectivity index (χ4n) is 4.84. The minimum absolute atomic E-state index is 0.0461. The summed E-state index contributed by atoms with van der Waals surface area (Å²) in [6.45, 7) is 3.37. The molecule has 7 nitrogen and oxygen atoms in total. The smallest absolute Gasteiger partial charge is 0.227 e. The first kappa shape index (κ1) is 18.9. The van der Waals surface area contributed by atoms with Crippen molar-refractivity contribution in [3.63, 3.8) is 0 Å². The fraction of sp³-hybridized carbons (Fsp3) is 0.435. The van der Waals surface area contributed by atoms with E-state index in [9.17, 15) is 4.79 Å². The van der Waals surface area contributed by atoms with Gasteiger partial charge in [-0.05, 0) is 43.9 Å². The number of aromatic amines is 1. The van der Waals surface area contributed by atoms with Gasteiger partial charge < -0.3 is 20.1 Å². The predicted molar refractivity (Wildman–Crippen MR) is 118 cm³/mol. The molecule has 7 heteroatoms. The SMILES string of the molecule is O=C1C(CNc2ccccc2)CCCN1[C@@H]1CCCN(c2ncnc3[nH]ccc23)C1. The van der Waals surface area contributed by atoms with Crippen molar-refractivity contribution in [1.82, 2.24) is 19.9 Å². The molecule has 5 rings (SSSR count). The van der Waals surface area contributed by atoms with Gasteiger partial charge in [0.25, 0.3) is 0 Å². The minimum Gasteiger partial charge on any atom is -0.384 e. The van der Waals surface area contributed by atoms with Crippen molar-refractivity contribution in [3.8, 4) is 0 Å². The van der Waals surface area contributed by atoms with Crippen LogP contribution in [0.15, 0.2) is 48.9 Å². The number of amides is 1. The van der Waals surface area contributed by atoms with Crippen LogP contribution in [0.2, 0.25) is 0 Å². The number of para-hydroxylation sites is 1. The van der Waals surface area contributed by atoms with Crippen LogP contribution >= 0.6 is 0 Å². The zero-order valence-corrected chi connectivity index (χ0v) is 17.1. The number of piperidine rings is 2. The van der Waals surface area contributed by atoms with Crippen molar-refractivity contribution in [3.05, 3.63) is 48.9 Å². The summed E-state index contributed by atoms with van der Waals surface area (Å²) in [4.78, 5) is 29.8. The Hall–Kier alpha value is -3.09. The first-order valence-corrected chi connectivity index (χ1v) is 10.9. The van der Waals surface area contributed by atoms with Gasteiger partial charge in [-0.2, -0.15) is 0 Å². The number of carbonyl (C=O) groups excluding carboxylic acids is 1. The molecule has 2 atom stereocenters. The molecular formula is C23H28N6O. The number of hydrogen-bond acceptors (Lipinski definition) is 5. The molecule has 2 aliphatic heterocycles. The van der Waals surface area contributed by atoms with Gasteiger partial charge in [0.15, 0.2) is 0 Å². The van der Waals surface area contributed by atoms with E-state index < -0.39 is 0 Å². The Bertz CT molecular complexity index is 1000. The molecule has 2 aromatic heterocycles. The summed E-state index contributed by atoms with van der Waals surface area (Å²) in [6, 6.07) is 12.4. The molecule has 1 amide bonds. The van der Waals surface area contributed by atoms with E-state index in [0.29, 0.717) is 12.5 Å². The van der Waals surface area contributed by atoms with Crippen LogP contribution in [-0.2, 0) is 4.79 Å². The van der Waals surface area contributed by atoms with Crippen molar-refractivity contribution in [2.24, 2.45) is 5.92 Å². The van der Waals surface area contributed by atoms with Crippen LogP contribution in [0.25, 0.3) is 11.0 Å². The number of aromatic nitrogens is 3. The molecule has 2 saturated heterocycles. The molecule has 2 aliphatic rings. The molecule has 4 heterocycles. The molecule has 2 N–H and O–H groups in total. The van der Waals surface area contributed by atoms with Gasteiger partial charge in [0.05, 0.1) is 11.3 Å². The highest BCUT2D eigenvalue weighted by atomic mass is 16.2. The van der Waals surface area contributed by atoms with Gasteiger partial charge in [-0.3, -0.25) is 4.79 Å². The summed E-state index contributed by atoms with van der Waals surface area (Å²) in [7, 11) is 0. The Labute approximate surface area is 176 Å². The number of benzene rings is 1. The molecule has 0 radical (unpaired) electrons. The molecule has 2 fully saturated rings. The van der Waals surface area contributed by atoms with Crippen molar-refractivity contribution in [1.29, 1.82) is 0 Å². The Morgan fingerprint density at radius 2 is 1.93 bits per heavy atom. The normalized spacial score (nSPS) is 22.5. The van der Waals surface area contributed by atoms with Crippen molar-refractivity contribution < 1.29 is 4.79 Å². The molecule has 0 bridgehead atoms. The average Bonchev–Trinajstić information content (AvgIpc) is 3.28. The predicted octanol–water partition coefficient (Wildman–Crippen LogP) is 3.28. The maximum absolute atomic E-state index is 13.3. The molecule has 1 unspecified atom stereocenters. The number of nitrogens with zero attached hydrogens (tertiary/aromatic N) is 4. The van der Waals surface area contributed by atoms with Gasteiger partial charge in [0, 0.05) is 44.1 Å². The van der Waals surface area contributed by atoms with Gasteiger partial charge in [0.2, 0.25) is 5.91 Å². The van der Waals surface area contributed by atoms with E-state index in [1.807, 2.05) is 42.6 Å². The Morgan fingerprint density at radius 3 is 2.83 bits per heavy atom. The monoisotopic (exact) mass is 404 g/mol. The first-order chi connectivity index (χ1) is 14.8. The Balaban J connectivity index is 1.27. The molecule has 1 aromatic carbocycles. The second-order valence-electron chi connectivity index (χ2n) is 8.30. The van der Waals surface area contributed by atoms with Gasteiger partial charge in [-0.25, -0.2) is 9.97 Å². The third-order valence-corrected chi connectivity index (χ3v) is 6.38. The number of likely N-dealkylation sites (tertiary alicyclic amines) is 1. The first-order valence-electron chi connectivity index (χ1n) is 10.9. The fourth-order valence-corrected chi connectivity index (χ4v) is 4.84. The highest BCUT2D eigenvalue weighted by molar-refractivity contribution is 5.87. The molecule has 156 valence electrons. The van der Waals surface area contributed by atoms with E-state index in [1.54, 1.807) is 6.33 Å². The van der Waals surface area contributed by atoms with Crippen LogP contribution in [0.5, 0.6) is 0 Å². The topological polar surface area (TPSA) is 77.2 Å². The number of rotatable bonds is 5. The maximum Gasteiger partial charge on any atom is 0.227 e. The summed E-state index contributed by atoms with van der Waals surface area (Å²) in [5, 5.41) is 4.49. The van der Waals surface area contributed by atoms with Gasteiger partial charge in [0.1, 0.15) is 17.8 Å². The third-order valence-electron chi connectivity index (χ3n) is 6.38. The van der Waals surface area contributed by atoms with Gasteiger partial charge in [-0.1, -0.05) is 18.2 Å². The number of H-pyrrole nitrogens is 1. The van der Waals surface area contributed by atoms with Gasteiger partial charge >= 0.3 is 0 Å². The summed E-state index contributed by atoms with van der Waals surface area (Å²) in [5.41, 5.74) is 1.94. The van der Waals surface area contributed by atoms with Crippen molar-refractivity contribution in [2.75, 3.05) is 36.4 Å². The highest BCUT2D eigenvalue weighted by Crippen LogP contribution is 2.29. The lowest BCUT2D eigenvalue weighted by Crippen LogP contribution is -2.54. The van der Waals surface area contributed by atoms with Gasteiger partial charge in [-0.15, -0.1) is 0 Å². The summed E-state index contributed by atoms with van der Waals surface area (Å²) in [6.07, 6.45) is 7.68. The number of carbonyl (C=O) groups is 1. The molecule has 0 aliphatic carbocycles. The summed E-state index contributed by atoms with van der Waals surface area (Å²) in [5.74, 6) is 1.31. The molecule has 3 aromatic rings. The summed E-state index contributed by atoms with van der Waals surface area (Å²) >= 11 is 0. The molecule has 30 heavy (non-hydrogen) atoms. The van der Waals surface area contributed by atoms with Crippen LogP contribution in [-0.4, -0.2) is 58.0 Å². The maximum atomic E-state index is 13.3. The second-order valence-corrected chi connectivity index (χ2v) is 8.30. The van der Waals surface area contributed by atoms with Crippen molar-refractivity contribution >= 4 is 28.4 Å². The lowest BCUT2D eigenvalue weighted by atomic mass is 9.93. The standard InChI is InChI=1S/C23H28N6O/c30-23-17(14-25-18-7-2-1-3-8-18)6-4-13-29(23)19-9-5-12-28(15-19)22-20-10-11-24-21(20)26-16-27-22/h1-3,7-8,10-11,16-17,19,25H,4-6,9,12-15H2,(H,24,26,27)/t17?,19-/m1/s1. The average molecular weight is 405 g/mol. The van der Waals surface area contributed by atoms with Crippen LogP contribution in [0.4, 0.5) is 11.5 Å². The molecular weight excluding hydrogens is 376 g/mol.